The fraction of sp³-hybridized carbons (Fsp3) is 0.625. The molecular formula is C16H26Cl2N2. The van der Waals surface area contributed by atoms with Gasteiger partial charge in [-0.15, -0.1) is 0 Å². The summed E-state index contributed by atoms with van der Waals surface area (Å²) in [6, 6.07) is 6.00. The molecule has 20 heavy (non-hydrogen) atoms. The summed E-state index contributed by atoms with van der Waals surface area (Å²) >= 11 is 12.4. The van der Waals surface area contributed by atoms with Crippen molar-refractivity contribution in [1.82, 2.24) is 10.2 Å². The highest BCUT2D eigenvalue weighted by atomic mass is 35.5. The summed E-state index contributed by atoms with van der Waals surface area (Å²) in [6.07, 6.45) is 1.94. The van der Waals surface area contributed by atoms with Gasteiger partial charge in [0.15, 0.2) is 0 Å². The van der Waals surface area contributed by atoms with Gasteiger partial charge in [-0.05, 0) is 64.2 Å². The van der Waals surface area contributed by atoms with Crippen LogP contribution in [-0.4, -0.2) is 37.1 Å². The number of halogens is 2. The van der Waals surface area contributed by atoms with E-state index in [0.717, 1.165) is 35.0 Å². The Morgan fingerprint density at radius 2 is 1.90 bits per heavy atom. The van der Waals surface area contributed by atoms with Crippen molar-refractivity contribution < 1.29 is 0 Å². The first-order valence-electron chi connectivity index (χ1n) is 7.19. The molecule has 0 bridgehead atoms. The van der Waals surface area contributed by atoms with Crippen molar-refractivity contribution in [3.05, 3.63) is 33.8 Å². The molecule has 0 heterocycles. The summed E-state index contributed by atoms with van der Waals surface area (Å²) in [4.78, 5) is 2.29. The normalized spacial score (nSPS) is 16.2. The van der Waals surface area contributed by atoms with Gasteiger partial charge in [0.1, 0.15) is 0 Å². The van der Waals surface area contributed by atoms with Crippen LogP contribution in [0.5, 0.6) is 0 Å². The van der Waals surface area contributed by atoms with Crippen molar-refractivity contribution >= 4 is 23.2 Å². The Bertz CT molecular complexity index is 434. The van der Waals surface area contributed by atoms with Crippen LogP contribution in [-0.2, 0) is 6.42 Å². The van der Waals surface area contributed by atoms with Crippen molar-refractivity contribution in [2.75, 3.05) is 20.6 Å². The summed E-state index contributed by atoms with van der Waals surface area (Å²) in [7, 11) is 4.26. The Kier molecular flexibility index (Phi) is 6.80. The average molecular weight is 317 g/mol. The van der Waals surface area contributed by atoms with Crippen molar-refractivity contribution in [2.24, 2.45) is 0 Å². The molecule has 1 N–H and O–H groups in total. The monoisotopic (exact) mass is 316 g/mol. The summed E-state index contributed by atoms with van der Waals surface area (Å²) in [5.41, 5.74) is 1.17. The van der Waals surface area contributed by atoms with E-state index < -0.39 is 0 Å². The number of nitrogens with zero attached hydrogens (tertiary/aromatic N) is 1. The Balaban J connectivity index is 3.05. The molecule has 1 aromatic rings. The molecule has 0 aliphatic heterocycles. The van der Waals surface area contributed by atoms with Crippen LogP contribution >= 0.6 is 23.2 Å². The molecule has 0 fully saturated rings. The molecule has 0 saturated carbocycles. The molecule has 2 nitrogen and oxygen atoms in total. The molecule has 2 unspecified atom stereocenters. The number of hydrogen-bond acceptors (Lipinski definition) is 2. The molecule has 114 valence electrons. The lowest BCUT2D eigenvalue weighted by molar-refractivity contribution is 0.113. The van der Waals surface area contributed by atoms with Gasteiger partial charge in [-0.3, -0.25) is 0 Å². The number of rotatable bonds is 7. The third kappa shape index (κ3) is 4.11. The molecule has 0 spiro atoms. The van der Waals surface area contributed by atoms with E-state index in [-0.39, 0.29) is 5.54 Å². The van der Waals surface area contributed by atoms with Crippen molar-refractivity contribution in [1.29, 1.82) is 0 Å². The van der Waals surface area contributed by atoms with Gasteiger partial charge in [0.25, 0.3) is 0 Å². The van der Waals surface area contributed by atoms with E-state index in [9.17, 15) is 0 Å². The molecule has 1 aromatic carbocycles. The summed E-state index contributed by atoms with van der Waals surface area (Å²) < 4.78 is 0. The predicted octanol–water partition coefficient (Wildman–Crippen LogP) is 4.24. The zero-order chi connectivity index (χ0) is 15.3. The lowest BCUT2D eigenvalue weighted by Gasteiger charge is -2.43. The lowest BCUT2D eigenvalue weighted by Crippen LogP contribution is -2.57. The first kappa shape index (κ1) is 17.8. The smallest absolute Gasteiger partial charge is 0.0439 e. The lowest BCUT2D eigenvalue weighted by atomic mass is 9.84. The molecule has 0 saturated heterocycles. The maximum absolute atomic E-state index is 6.31. The Morgan fingerprint density at radius 3 is 2.40 bits per heavy atom. The van der Waals surface area contributed by atoms with Crippen molar-refractivity contribution in [2.45, 2.75) is 45.2 Å². The number of nitrogens with one attached hydrogen (secondary N) is 1. The van der Waals surface area contributed by atoms with Gasteiger partial charge in [0, 0.05) is 21.6 Å². The zero-order valence-corrected chi connectivity index (χ0v) is 14.6. The second-order valence-corrected chi connectivity index (χ2v) is 6.50. The third-order valence-electron chi connectivity index (χ3n) is 4.37. The van der Waals surface area contributed by atoms with E-state index in [0.29, 0.717) is 6.04 Å². The first-order chi connectivity index (χ1) is 9.35. The minimum Gasteiger partial charge on any atom is -0.312 e. The van der Waals surface area contributed by atoms with Gasteiger partial charge < -0.3 is 10.2 Å². The first-order valence-corrected chi connectivity index (χ1v) is 7.95. The summed E-state index contributed by atoms with van der Waals surface area (Å²) in [6.45, 7) is 7.59. The number of likely N-dealkylation sites (N-methyl/N-ethyl adjacent to an activating group) is 2. The van der Waals surface area contributed by atoms with Crippen molar-refractivity contribution in [3.63, 3.8) is 0 Å². The van der Waals surface area contributed by atoms with E-state index >= 15 is 0 Å². The van der Waals surface area contributed by atoms with Crippen LogP contribution in [0.15, 0.2) is 18.2 Å². The molecular weight excluding hydrogens is 291 g/mol. The van der Waals surface area contributed by atoms with Crippen molar-refractivity contribution in [3.8, 4) is 0 Å². The van der Waals surface area contributed by atoms with E-state index in [1.54, 1.807) is 0 Å². The highest BCUT2D eigenvalue weighted by Crippen LogP contribution is 2.28. The van der Waals surface area contributed by atoms with Gasteiger partial charge in [0.2, 0.25) is 0 Å². The maximum Gasteiger partial charge on any atom is 0.0439 e. The largest absolute Gasteiger partial charge is 0.312 e. The van der Waals surface area contributed by atoms with E-state index in [1.165, 1.54) is 0 Å². The number of hydrogen-bond donors (Lipinski definition) is 1. The van der Waals surface area contributed by atoms with Crippen LogP contribution < -0.4 is 5.32 Å². The molecule has 0 aliphatic carbocycles. The average Bonchev–Trinajstić information content (AvgIpc) is 2.41. The van der Waals surface area contributed by atoms with Gasteiger partial charge in [-0.1, -0.05) is 37.0 Å². The van der Waals surface area contributed by atoms with Crippen LogP contribution in [0.3, 0.4) is 0 Å². The van der Waals surface area contributed by atoms with E-state index in [4.69, 9.17) is 23.2 Å². The molecule has 2 atom stereocenters. The molecule has 0 radical (unpaired) electrons. The van der Waals surface area contributed by atoms with Crippen LogP contribution in [0.25, 0.3) is 0 Å². The standard InChI is InChI=1S/C16H26Cl2N2/c1-6-16(3,20(4)5)15(19-7-2)11-12-10-13(17)8-9-14(12)18/h8-10,15,19H,6-7,11H2,1-5H3. The van der Waals surface area contributed by atoms with E-state index in [2.05, 4.69) is 45.1 Å². The second kappa shape index (κ2) is 7.65. The highest BCUT2D eigenvalue weighted by molar-refractivity contribution is 6.33. The molecule has 0 aromatic heterocycles. The van der Waals surface area contributed by atoms with Gasteiger partial charge in [-0.2, -0.15) is 0 Å². The SMILES string of the molecule is CCNC(Cc1cc(Cl)ccc1Cl)C(C)(CC)N(C)C. The van der Waals surface area contributed by atoms with E-state index in [1.807, 2.05) is 18.2 Å². The highest BCUT2D eigenvalue weighted by Gasteiger charge is 2.34. The third-order valence-corrected chi connectivity index (χ3v) is 4.97. The quantitative estimate of drug-likeness (QED) is 0.809. The molecule has 0 amide bonds. The topological polar surface area (TPSA) is 15.3 Å². The van der Waals surface area contributed by atoms with Crippen LogP contribution in [0.4, 0.5) is 0 Å². The molecule has 1 rings (SSSR count). The Morgan fingerprint density at radius 1 is 1.25 bits per heavy atom. The zero-order valence-electron chi connectivity index (χ0n) is 13.1. The predicted molar refractivity (Wildman–Crippen MR) is 90.0 cm³/mol. The van der Waals surface area contributed by atoms with Gasteiger partial charge >= 0.3 is 0 Å². The number of benzene rings is 1. The maximum atomic E-state index is 6.31. The Hall–Kier alpha value is -0.280. The second-order valence-electron chi connectivity index (χ2n) is 5.66. The van der Waals surface area contributed by atoms with Gasteiger partial charge in [-0.25, -0.2) is 0 Å². The van der Waals surface area contributed by atoms with Crippen LogP contribution in [0.2, 0.25) is 10.0 Å². The minimum absolute atomic E-state index is 0.0711. The molecule has 0 aliphatic rings. The summed E-state index contributed by atoms with van der Waals surface area (Å²) in [5, 5.41) is 5.13. The fourth-order valence-corrected chi connectivity index (χ4v) is 2.94. The molecule has 4 heteroatoms. The van der Waals surface area contributed by atoms with Crippen LogP contribution in [0, 0.1) is 0 Å². The van der Waals surface area contributed by atoms with Gasteiger partial charge in [0.05, 0.1) is 0 Å². The Labute approximate surface area is 133 Å². The van der Waals surface area contributed by atoms with Crippen LogP contribution in [0.1, 0.15) is 32.8 Å². The fourth-order valence-electron chi connectivity index (χ4n) is 2.55. The minimum atomic E-state index is 0.0711. The summed E-state index contributed by atoms with van der Waals surface area (Å²) in [5.74, 6) is 0.